The van der Waals surface area contributed by atoms with Gasteiger partial charge >= 0.3 is 0 Å². The van der Waals surface area contributed by atoms with E-state index >= 15 is 0 Å². The van der Waals surface area contributed by atoms with Crippen molar-refractivity contribution >= 4 is 28.6 Å². The van der Waals surface area contributed by atoms with Crippen LogP contribution >= 0.6 is 12.2 Å². The molecule has 0 spiro atoms. The number of hydrogen-bond donors (Lipinski definition) is 0. The highest BCUT2D eigenvalue weighted by Crippen LogP contribution is 2.27. The van der Waals surface area contributed by atoms with Crippen LogP contribution in [0, 0.1) is 0 Å². The van der Waals surface area contributed by atoms with Crippen LogP contribution in [0.1, 0.15) is 6.92 Å². The van der Waals surface area contributed by atoms with Crippen molar-refractivity contribution in [2.24, 2.45) is 0 Å². The summed E-state index contributed by atoms with van der Waals surface area (Å²) in [5.74, 6) is 0. The number of benzene rings is 2. The van der Waals surface area contributed by atoms with E-state index in [0.29, 0.717) is 0 Å². The van der Waals surface area contributed by atoms with Crippen molar-refractivity contribution in [3.05, 3.63) is 72.8 Å². The summed E-state index contributed by atoms with van der Waals surface area (Å²) in [7, 11) is 0. The minimum absolute atomic E-state index is 0.743. The fourth-order valence-corrected chi connectivity index (χ4v) is 1.94. The topological polar surface area (TPSA) is 3.24 Å². The standard InChI is InChI=1S/C16H15NS/c1-13(2)16(18)17(14-9-5-3-6-10-14)15-11-7-4-8-12-15/h3-12H,1H2,2H3. The van der Waals surface area contributed by atoms with Gasteiger partial charge in [0, 0.05) is 11.4 Å². The van der Waals surface area contributed by atoms with E-state index in [4.69, 9.17) is 12.2 Å². The predicted octanol–water partition coefficient (Wildman–Crippen LogP) is 4.73. The molecule has 0 radical (unpaired) electrons. The van der Waals surface area contributed by atoms with Gasteiger partial charge in [0.15, 0.2) is 0 Å². The molecule has 0 saturated carbocycles. The Kier molecular flexibility index (Phi) is 3.90. The summed E-state index contributed by atoms with van der Waals surface area (Å²) < 4.78 is 0. The maximum Gasteiger partial charge on any atom is 0.113 e. The van der Waals surface area contributed by atoms with Gasteiger partial charge in [0.05, 0.1) is 0 Å². The number of nitrogens with zero attached hydrogens (tertiary/aromatic N) is 1. The summed E-state index contributed by atoms with van der Waals surface area (Å²) in [6.45, 7) is 5.88. The number of rotatable bonds is 3. The van der Waals surface area contributed by atoms with Crippen LogP contribution in [0.3, 0.4) is 0 Å². The lowest BCUT2D eigenvalue weighted by molar-refractivity contribution is 1.35. The van der Waals surface area contributed by atoms with Gasteiger partial charge in [-0.25, -0.2) is 0 Å². The molecule has 2 aromatic carbocycles. The van der Waals surface area contributed by atoms with Crippen LogP contribution in [0.2, 0.25) is 0 Å². The molecular weight excluding hydrogens is 238 g/mol. The van der Waals surface area contributed by atoms with Gasteiger partial charge in [-0.15, -0.1) is 0 Å². The van der Waals surface area contributed by atoms with Crippen LogP contribution < -0.4 is 4.90 Å². The molecule has 0 aliphatic rings. The Morgan fingerprint density at radius 3 is 1.61 bits per heavy atom. The Bertz CT molecular complexity index is 506. The van der Waals surface area contributed by atoms with Crippen molar-refractivity contribution in [3.63, 3.8) is 0 Å². The maximum atomic E-state index is 5.49. The molecule has 0 saturated heterocycles. The molecule has 0 aromatic heterocycles. The highest BCUT2D eigenvalue weighted by Gasteiger charge is 2.14. The number of hydrogen-bond acceptors (Lipinski definition) is 1. The highest BCUT2D eigenvalue weighted by molar-refractivity contribution is 7.81. The third-order valence-electron chi connectivity index (χ3n) is 2.60. The average Bonchev–Trinajstić information content (AvgIpc) is 2.41. The number of para-hydroxylation sites is 2. The van der Waals surface area contributed by atoms with Crippen LogP contribution in [-0.4, -0.2) is 4.99 Å². The molecule has 0 bridgehead atoms. The molecule has 0 unspecified atom stereocenters. The number of thiocarbonyl (C=S) groups is 1. The van der Waals surface area contributed by atoms with E-state index in [1.807, 2.05) is 72.5 Å². The second-order valence-corrected chi connectivity index (χ2v) is 4.48. The first-order chi connectivity index (χ1) is 8.70. The van der Waals surface area contributed by atoms with Gasteiger partial charge < -0.3 is 4.90 Å². The van der Waals surface area contributed by atoms with Crippen molar-refractivity contribution in [1.82, 2.24) is 0 Å². The molecule has 2 rings (SSSR count). The summed E-state index contributed by atoms with van der Waals surface area (Å²) in [5, 5.41) is 0. The largest absolute Gasteiger partial charge is 0.301 e. The van der Waals surface area contributed by atoms with Crippen molar-refractivity contribution in [3.8, 4) is 0 Å². The van der Waals surface area contributed by atoms with E-state index in [-0.39, 0.29) is 0 Å². The first-order valence-corrected chi connectivity index (χ1v) is 6.21. The molecule has 0 aliphatic heterocycles. The fourth-order valence-electron chi connectivity index (χ4n) is 1.73. The Hall–Kier alpha value is -1.93. The van der Waals surface area contributed by atoms with Crippen LogP contribution in [0.25, 0.3) is 0 Å². The van der Waals surface area contributed by atoms with Crippen LogP contribution in [0.5, 0.6) is 0 Å². The Morgan fingerprint density at radius 1 is 0.889 bits per heavy atom. The molecule has 0 heterocycles. The molecule has 1 nitrogen and oxygen atoms in total. The van der Waals surface area contributed by atoms with Gasteiger partial charge in [0.2, 0.25) is 0 Å². The molecule has 2 heteroatoms. The summed E-state index contributed by atoms with van der Waals surface area (Å²) >= 11 is 5.49. The third-order valence-corrected chi connectivity index (χ3v) is 3.13. The Morgan fingerprint density at radius 2 is 1.28 bits per heavy atom. The zero-order valence-electron chi connectivity index (χ0n) is 10.3. The highest BCUT2D eigenvalue weighted by atomic mass is 32.1. The summed E-state index contributed by atoms with van der Waals surface area (Å²) in [4.78, 5) is 2.78. The molecule has 0 amide bonds. The molecule has 0 aliphatic carbocycles. The maximum absolute atomic E-state index is 5.49. The minimum Gasteiger partial charge on any atom is -0.301 e. The zero-order valence-corrected chi connectivity index (χ0v) is 11.2. The monoisotopic (exact) mass is 253 g/mol. The Labute approximate surface area is 113 Å². The first-order valence-electron chi connectivity index (χ1n) is 5.80. The smallest absolute Gasteiger partial charge is 0.113 e. The normalized spacial score (nSPS) is 9.83. The van der Waals surface area contributed by atoms with E-state index in [1.165, 1.54) is 0 Å². The van der Waals surface area contributed by atoms with Gasteiger partial charge in [-0.05, 0) is 36.8 Å². The molecule has 18 heavy (non-hydrogen) atoms. The second-order valence-electron chi connectivity index (χ2n) is 4.09. The van der Waals surface area contributed by atoms with Crippen molar-refractivity contribution in [2.75, 3.05) is 4.90 Å². The summed E-state index contributed by atoms with van der Waals surface area (Å²) in [6.07, 6.45) is 0. The summed E-state index contributed by atoms with van der Waals surface area (Å²) in [6, 6.07) is 20.2. The van der Waals surface area contributed by atoms with E-state index in [1.54, 1.807) is 0 Å². The Balaban J connectivity index is 2.48. The molecule has 0 N–H and O–H groups in total. The van der Waals surface area contributed by atoms with Crippen molar-refractivity contribution in [2.45, 2.75) is 6.92 Å². The van der Waals surface area contributed by atoms with E-state index in [9.17, 15) is 0 Å². The SMILES string of the molecule is C=C(C)C(=S)N(c1ccccc1)c1ccccc1. The predicted molar refractivity (Wildman–Crippen MR) is 82.4 cm³/mol. The molecular formula is C16H15NS. The lowest BCUT2D eigenvalue weighted by atomic mass is 10.2. The van der Waals surface area contributed by atoms with Gasteiger partial charge in [-0.2, -0.15) is 0 Å². The minimum atomic E-state index is 0.743. The van der Waals surface area contributed by atoms with Crippen LogP contribution in [-0.2, 0) is 0 Å². The second kappa shape index (κ2) is 5.61. The third kappa shape index (κ3) is 2.66. The van der Waals surface area contributed by atoms with Crippen molar-refractivity contribution in [1.29, 1.82) is 0 Å². The molecule has 2 aromatic rings. The molecule has 0 fully saturated rings. The summed E-state index contributed by atoms with van der Waals surface area (Å²) in [5.41, 5.74) is 2.99. The average molecular weight is 253 g/mol. The van der Waals surface area contributed by atoms with Crippen molar-refractivity contribution < 1.29 is 0 Å². The van der Waals surface area contributed by atoms with E-state index < -0.39 is 0 Å². The molecule has 90 valence electrons. The lowest BCUT2D eigenvalue weighted by Crippen LogP contribution is -2.24. The van der Waals surface area contributed by atoms with E-state index in [2.05, 4.69) is 6.58 Å². The zero-order chi connectivity index (χ0) is 13.0. The fraction of sp³-hybridized carbons (Fsp3) is 0.0625. The van der Waals surface area contributed by atoms with Gasteiger partial charge in [-0.3, -0.25) is 0 Å². The van der Waals surface area contributed by atoms with Gasteiger partial charge in [0.25, 0.3) is 0 Å². The first kappa shape index (κ1) is 12.5. The lowest BCUT2D eigenvalue weighted by Gasteiger charge is -2.25. The number of anilines is 2. The van der Waals surface area contributed by atoms with E-state index in [0.717, 1.165) is 21.9 Å². The van der Waals surface area contributed by atoms with Crippen LogP contribution in [0.4, 0.5) is 11.4 Å². The van der Waals surface area contributed by atoms with Gasteiger partial charge in [0.1, 0.15) is 4.99 Å². The van der Waals surface area contributed by atoms with Crippen LogP contribution in [0.15, 0.2) is 72.8 Å². The quantitative estimate of drug-likeness (QED) is 0.574. The molecule has 0 atom stereocenters. The van der Waals surface area contributed by atoms with Gasteiger partial charge in [-0.1, -0.05) is 55.2 Å².